The number of rotatable bonds is 7. The molecule has 0 aromatic heterocycles. The molecule has 0 spiro atoms. The maximum absolute atomic E-state index is 6.47. The molecule has 1 aliphatic carbocycles. The Bertz CT molecular complexity index is 281. The molecule has 2 N–H and O–H groups in total. The highest BCUT2D eigenvalue weighted by Gasteiger charge is 2.41. The van der Waals surface area contributed by atoms with Gasteiger partial charge in [-0.2, -0.15) is 0 Å². The van der Waals surface area contributed by atoms with E-state index in [-0.39, 0.29) is 0 Å². The zero-order chi connectivity index (χ0) is 14.6. The number of quaternary nitrogens is 1. The van der Waals surface area contributed by atoms with Crippen LogP contribution in [0.3, 0.4) is 0 Å². The molecule has 2 aliphatic rings. The largest absolute Gasteiger partial charge is 0.323 e. The quantitative estimate of drug-likeness (QED) is 0.706. The summed E-state index contributed by atoms with van der Waals surface area (Å²) in [4.78, 5) is 0. The Labute approximate surface area is 126 Å². The van der Waals surface area contributed by atoms with Crippen molar-refractivity contribution < 1.29 is 4.48 Å². The second kappa shape index (κ2) is 7.26. The van der Waals surface area contributed by atoms with Crippen molar-refractivity contribution >= 4 is 0 Å². The van der Waals surface area contributed by atoms with Crippen LogP contribution >= 0.6 is 0 Å². The average molecular weight is 282 g/mol. The topological polar surface area (TPSA) is 26.0 Å². The molecule has 1 aliphatic heterocycles. The Kier molecular flexibility index (Phi) is 5.92. The first-order valence-electron chi connectivity index (χ1n) is 9.13. The van der Waals surface area contributed by atoms with Crippen LogP contribution in [0, 0.1) is 17.8 Å². The van der Waals surface area contributed by atoms with Crippen molar-refractivity contribution in [1.29, 1.82) is 0 Å². The first-order valence-corrected chi connectivity index (χ1v) is 9.13. The Morgan fingerprint density at radius 2 is 1.90 bits per heavy atom. The van der Waals surface area contributed by atoms with Crippen LogP contribution in [0.15, 0.2) is 0 Å². The zero-order valence-corrected chi connectivity index (χ0v) is 14.1. The number of hydrogen-bond donors (Lipinski definition) is 1. The average Bonchev–Trinajstić information content (AvgIpc) is 2.30. The van der Waals surface area contributed by atoms with Crippen molar-refractivity contribution in [1.82, 2.24) is 0 Å². The smallest absolute Gasteiger partial charge is 0.0940 e. The number of unbranched alkanes of at least 4 members (excludes halogenated alkanes) is 1. The summed E-state index contributed by atoms with van der Waals surface area (Å²) in [6, 6.07) is 0.449. The van der Waals surface area contributed by atoms with Gasteiger partial charge in [-0.05, 0) is 25.7 Å². The van der Waals surface area contributed by atoms with Crippen LogP contribution in [0.2, 0.25) is 0 Å². The van der Waals surface area contributed by atoms with E-state index in [0.717, 1.165) is 17.8 Å². The lowest BCUT2D eigenvalue weighted by Gasteiger charge is -2.50. The lowest BCUT2D eigenvalue weighted by molar-refractivity contribution is -0.942. The molecule has 2 heteroatoms. The van der Waals surface area contributed by atoms with E-state index in [2.05, 4.69) is 20.8 Å². The highest BCUT2D eigenvalue weighted by Crippen LogP contribution is 2.34. The lowest BCUT2D eigenvalue weighted by atomic mass is 9.81. The van der Waals surface area contributed by atoms with Gasteiger partial charge in [0.25, 0.3) is 0 Å². The van der Waals surface area contributed by atoms with E-state index in [1.807, 2.05) is 0 Å². The molecule has 1 saturated carbocycles. The molecule has 0 radical (unpaired) electrons. The summed E-state index contributed by atoms with van der Waals surface area (Å²) >= 11 is 0. The molecule has 0 amide bonds. The van der Waals surface area contributed by atoms with Crippen LogP contribution in [0.1, 0.15) is 65.7 Å². The minimum absolute atomic E-state index is 0.449. The third-order valence-electron chi connectivity index (χ3n) is 5.49. The molecule has 1 heterocycles. The Hall–Kier alpha value is -0.0800. The van der Waals surface area contributed by atoms with Crippen LogP contribution in [0.5, 0.6) is 0 Å². The van der Waals surface area contributed by atoms with Crippen LogP contribution < -0.4 is 5.73 Å². The van der Waals surface area contributed by atoms with E-state index in [0.29, 0.717) is 6.04 Å². The highest BCUT2D eigenvalue weighted by molar-refractivity contribution is 4.78. The number of nitrogens with two attached hydrogens (primary N) is 1. The molecule has 3 atom stereocenters. The number of likely N-dealkylation sites (tertiary alicyclic amines) is 1. The SMILES string of the molecule is CCCCC1CC(N)C[N+](CC(C)C)(CC2CCC2)C1. The molecule has 2 rings (SSSR count). The Morgan fingerprint density at radius 3 is 2.45 bits per heavy atom. The molecule has 2 fully saturated rings. The van der Waals surface area contributed by atoms with Crippen LogP contribution in [0.4, 0.5) is 0 Å². The van der Waals surface area contributed by atoms with E-state index in [9.17, 15) is 0 Å². The fourth-order valence-corrected chi connectivity index (χ4v) is 4.77. The second-order valence-electron chi connectivity index (χ2n) is 8.27. The van der Waals surface area contributed by atoms with Gasteiger partial charge >= 0.3 is 0 Å². The summed E-state index contributed by atoms with van der Waals surface area (Å²) < 4.78 is 1.35. The molecule has 1 saturated heterocycles. The van der Waals surface area contributed by atoms with Crippen molar-refractivity contribution in [2.24, 2.45) is 23.5 Å². The molecule has 3 unspecified atom stereocenters. The molecule has 0 aromatic carbocycles. The van der Waals surface area contributed by atoms with Gasteiger partial charge in [0.2, 0.25) is 0 Å². The van der Waals surface area contributed by atoms with Gasteiger partial charge in [0, 0.05) is 17.8 Å². The Morgan fingerprint density at radius 1 is 1.15 bits per heavy atom. The van der Waals surface area contributed by atoms with Gasteiger partial charge in [-0.1, -0.05) is 40.0 Å². The molecular weight excluding hydrogens is 244 g/mol. The van der Waals surface area contributed by atoms with Crippen LogP contribution in [-0.2, 0) is 0 Å². The minimum atomic E-state index is 0.449. The Balaban J connectivity index is 2.01. The van der Waals surface area contributed by atoms with E-state index in [1.165, 1.54) is 75.6 Å². The second-order valence-corrected chi connectivity index (χ2v) is 8.27. The number of hydrogen-bond acceptors (Lipinski definition) is 1. The normalized spacial score (nSPS) is 35.2. The van der Waals surface area contributed by atoms with Crippen molar-refractivity contribution in [3.8, 4) is 0 Å². The van der Waals surface area contributed by atoms with Gasteiger partial charge in [-0.25, -0.2) is 0 Å². The van der Waals surface area contributed by atoms with Crippen molar-refractivity contribution in [2.75, 3.05) is 26.2 Å². The summed E-state index contributed by atoms with van der Waals surface area (Å²) in [5.41, 5.74) is 6.47. The molecule has 0 bridgehead atoms. The lowest BCUT2D eigenvalue weighted by Crippen LogP contribution is -2.63. The molecule has 20 heavy (non-hydrogen) atoms. The van der Waals surface area contributed by atoms with Crippen LogP contribution in [0.25, 0.3) is 0 Å². The summed E-state index contributed by atoms with van der Waals surface area (Å²) in [5, 5.41) is 0. The van der Waals surface area contributed by atoms with Gasteiger partial charge in [0.1, 0.15) is 0 Å². The zero-order valence-electron chi connectivity index (χ0n) is 14.1. The van der Waals surface area contributed by atoms with Crippen molar-refractivity contribution in [3.05, 3.63) is 0 Å². The molecule has 2 nitrogen and oxygen atoms in total. The number of nitrogens with zero attached hydrogens (tertiary/aromatic N) is 1. The predicted molar refractivity (Wildman–Crippen MR) is 87.5 cm³/mol. The van der Waals surface area contributed by atoms with E-state index >= 15 is 0 Å². The first kappa shape index (κ1) is 16.3. The predicted octanol–water partition coefficient (Wildman–Crippen LogP) is 3.80. The van der Waals surface area contributed by atoms with Gasteiger partial charge in [0.05, 0.1) is 32.2 Å². The van der Waals surface area contributed by atoms with E-state index in [4.69, 9.17) is 5.73 Å². The third kappa shape index (κ3) is 4.46. The van der Waals surface area contributed by atoms with Crippen molar-refractivity contribution in [3.63, 3.8) is 0 Å². The third-order valence-corrected chi connectivity index (χ3v) is 5.49. The van der Waals surface area contributed by atoms with E-state index < -0.39 is 0 Å². The summed E-state index contributed by atoms with van der Waals surface area (Å²) in [6.45, 7) is 12.5. The number of piperidine rings is 1. The monoisotopic (exact) mass is 281 g/mol. The molecular formula is C18H37N2+. The maximum atomic E-state index is 6.47. The maximum Gasteiger partial charge on any atom is 0.0940 e. The fourth-order valence-electron chi connectivity index (χ4n) is 4.77. The standard InChI is InChI=1S/C18H37N2/c1-4-5-7-17-10-18(19)14-20(13-17,11-15(2)3)12-16-8-6-9-16/h15-18H,4-14,19H2,1-3H3/q+1. The summed E-state index contributed by atoms with van der Waals surface area (Å²) in [7, 11) is 0. The van der Waals surface area contributed by atoms with Gasteiger partial charge in [0.15, 0.2) is 0 Å². The molecule has 0 aromatic rings. The van der Waals surface area contributed by atoms with Crippen LogP contribution in [-0.4, -0.2) is 36.7 Å². The first-order chi connectivity index (χ1) is 9.53. The van der Waals surface area contributed by atoms with Gasteiger partial charge in [-0.3, -0.25) is 0 Å². The van der Waals surface area contributed by atoms with E-state index in [1.54, 1.807) is 0 Å². The summed E-state index contributed by atoms with van der Waals surface area (Å²) in [5.74, 6) is 2.69. The minimum Gasteiger partial charge on any atom is -0.323 e. The highest BCUT2D eigenvalue weighted by atomic mass is 15.4. The molecule has 118 valence electrons. The summed E-state index contributed by atoms with van der Waals surface area (Å²) in [6.07, 6.45) is 9.84. The van der Waals surface area contributed by atoms with Gasteiger partial charge in [-0.15, -0.1) is 0 Å². The van der Waals surface area contributed by atoms with Crippen molar-refractivity contribution in [2.45, 2.75) is 71.8 Å². The van der Waals surface area contributed by atoms with Gasteiger partial charge < -0.3 is 10.2 Å². The fraction of sp³-hybridized carbons (Fsp3) is 1.00.